The first-order chi connectivity index (χ1) is 9.31. The summed E-state index contributed by atoms with van der Waals surface area (Å²) in [7, 11) is 0. The smallest absolute Gasteiger partial charge is 0.343 e. The van der Waals surface area contributed by atoms with Crippen molar-refractivity contribution in [2.45, 2.75) is 26.7 Å². The minimum atomic E-state index is -0.858. The van der Waals surface area contributed by atoms with E-state index in [9.17, 15) is 19.8 Å². The lowest BCUT2D eigenvalue weighted by molar-refractivity contribution is 0.404. The van der Waals surface area contributed by atoms with Crippen molar-refractivity contribution in [3.05, 3.63) is 55.6 Å². The van der Waals surface area contributed by atoms with Crippen LogP contribution in [-0.4, -0.2) is 10.2 Å². The maximum absolute atomic E-state index is 11.8. The molecule has 2 N–H and O–H groups in total. The van der Waals surface area contributed by atoms with Gasteiger partial charge in [0.2, 0.25) is 0 Å². The average Bonchev–Trinajstić information content (AvgIpc) is 2.25. The number of aromatic hydroxyl groups is 2. The third-order valence-corrected chi connectivity index (χ3v) is 3.05. The molecule has 0 aliphatic rings. The van der Waals surface area contributed by atoms with Gasteiger partial charge in [-0.3, -0.25) is 0 Å². The van der Waals surface area contributed by atoms with Gasteiger partial charge in [-0.15, -0.1) is 0 Å². The second-order valence-corrected chi connectivity index (χ2v) is 4.61. The molecule has 106 valence electrons. The lowest BCUT2D eigenvalue weighted by atomic mass is 9.94. The van der Waals surface area contributed by atoms with Gasteiger partial charge in [0.15, 0.2) is 0 Å². The van der Waals surface area contributed by atoms with E-state index in [0.717, 1.165) is 0 Å². The highest BCUT2D eigenvalue weighted by Crippen LogP contribution is 2.31. The van der Waals surface area contributed by atoms with Gasteiger partial charge in [-0.05, 0) is 13.8 Å². The largest absolute Gasteiger partial charge is 0.507 e. The van der Waals surface area contributed by atoms with Gasteiger partial charge < -0.3 is 19.0 Å². The summed E-state index contributed by atoms with van der Waals surface area (Å²) >= 11 is 0. The molecule has 6 nitrogen and oxygen atoms in total. The molecule has 0 unspecified atom stereocenters. The van der Waals surface area contributed by atoms with Crippen LogP contribution in [0.4, 0.5) is 0 Å². The highest BCUT2D eigenvalue weighted by Gasteiger charge is 2.25. The first-order valence-corrected chi connectivity index (χ1v) is 5.98. The van der Waals surface area contributed by atoms with E-state index in [1.807, 2.05) is 0 Å². The van der Waals surface area contributed by atoms with Crippen molar-refractivity contribution in [3.63, 3.8) is 0 Å². The normalized spacial score (nSPS) is 11.0. The highest BCUT2D eigenvalue weighted by atomic mass is 16.4. The SMILES string of the molecule is Cc1cc(O)c(C(C)c2c(O)cc(C)oc2=O)c(=O)o1. The fourth-order valence-corrected chi connectivity index (χ4v) is 2.15. The molecule has 0 radical (unpaired) electrons. The van der Waals surface area contributed by atoms with Gasteiger partial charge in [0.05, 0.1) is 11.1 Å². The molecule has 0 amide bonds. The van der Waals surface area contributed by atoms with E-state index < -0.39 is 17.2 Å². The molecule has 0 aliphatic heterocycles. The van der Waals surface area contributed by atoms with Gasteiger partial charge in [0.1, 0.15) is 23.0 Å². The highest BCUT2D eigenvalue weighted by molar-refractivity contribution is 5.43. The van der Waals surface area contributed by atoms with E-state index in [4.69, 9.17) is 8.83 Å². The average molecular weight is 278 g/mol. The molecule has 0 fully saturated rings. The minimum absolute atomic E-state index is 0.0953. The Morgan fingerprint density at radius 2 is 1.25 bits per heavy atom. The molecular formula is C14H14O6. The fourth-order valence-electron chi connectivity index (χ4n) is 2.15. The van der Waals surface area contributed by atoms with Gasteiger partial charge in [-0.2, -0.15) is 0 Å². The van der Waals surface area contributed by atoms with Crippen molar-refractivity contribution in [3.8, 4) is 11.5 Å². The van der Waals surface area contributed by atoms with Crippen molar-refractivity contribution in [2.75, 3.05) is 0 Å². The molecule has 0 atom stereocenters. The van der Waals surface area contributed by atoms with E-state index in [1.54, 1.807) is 0 Å². The fraction of sp³-hybridized carbons (Fsp3) is 0.286. The van der Waals surface area contributed by atoms with Crippen LogP contribution >= 0.6 is 0 Å². The van der Waals surface area contributed by atoms with Crippen LogP contribution in [0.15, 0.2) is 30.6 Å². The Morgan fingerprint density at radius 1 is 0.900 bits per heavy atom. The molecule has 0 saturated carbocycles. The van der Waals surface area contributed by atoms with Gasteiger partial charge in [0.25, 0.3) is 0 Å². The van der Waals surface area contributed by atoms with Gasteiger partial charge >= 0.3 is 11.3 Å². The number of rotatable bonds is 2. The van der Waals surface area contributed by atoms with Crippen LogP contribution in [0.3, 0.4) is 0 Å². The lowest BCUT2D eigenvalue weighted by Gasteiger charge is -2.13. The Hall–Kier alpha value is -2.50. The standard InChI is InChI=1S/C14H14O6/c1-6-4-9(15)11(13(17)19-6)8(3)12-10(16)5-7(2)20-14(12)18/h4-5,8,15-16H,1-3H3. The summed E-state index contributed by atoms with van der Waals surface area (Å²) in [6, 6.07) is 2.56. The predicted molar refractivity (Wildman–Crippen MR) is 70.3 cm³/mol. The summed E-state index contributed by atoms with van der Waals surface area (Å²) in [5.74, 6) is -0.924. The molecular weight excluding hydrogens is 264 g/mol. The summed E-state index contributed by atoms with van der Waals surface area (Å²) in [6.45, 7) is 4.54. The number of hydrogen-bond acceptors (Lipinski definition) is 6. The molecule has 2 aromatic heterocycles. The monoisotopic (exact) mass is 278 g/mol. The molecule has 0 aliphatic carbocycles. The zero-order valence-electron chi connectivity index (χ0n) is 11.3. The van der Waals surface area contributed by atoms with Crippen LogP contribution in [-0.2, 0) is 0 Å². The minimum Gasteiger partial charge on any atom is -0.507 e. The molecule has 0 aromatic carbocycles. The maximum atomic E-state index is 11.8. The molecule has 20 heavy (non-hydrogen) atoms. The van der Waals surface area contributed by atoms with Crippen molar-refractivity contribution in [1.82, 2.24) is 0 Å². The summed E-state index contributed by atoms with van der Waals surface area (Å²) in [4.78, 5) is 23.6. The van der Waals surface area contributed by atoms with Crippen LogP contribution in [0.2, 0.25) is 0 Å². The topological polar surface area (TPSA) is 101 Å². The Kier molecular flexibility index (Phi) is 3.40. The summed E-state index contributed by atoms with van der Waals surface area (Å²) in [6.07, 6.45) is 0. The zero-order valence-corrected chi connectivity index (χ0v) is 11.3. The van der Waals surface area contributed by atoms with Crippen LogP contribution in [0.5, 0.6) is 11.5 Å². The van der Waals surface area contributed by atoms with Gasteiger partial charge in [0, 0.05) is 18.1 Å². The van der Waals surface area contributed by atoms with Crippen molar-refractivity contribution in [2.24, 2.45) is 0 Å². The second kappa shape index (κ2) is 4.88. The molecule has 6 heteroatoms. The Morgan fingerprint density at radius 3 is 1.55 bits per heavy atom. The van der Waals surface area contributed by atoms with Gasteiger partial charge in [-0.25, -0.2) is 9.59 Å². The molecule has 0 spiro atoms. The van der Waals surface area contributed by atoms with E-state index in [-0.39, 0.29) is 34.1 Å². The zero-order chi connectivity index (χ0) is 15.0. The van der Waals surface area contributed by atoms with Crippen LogP contribution in [0.1, 0.15) is 35.5 Å². The molecule has 2 heterocycles. The lowest BCUT2D eigenvalue weighted by Crippen LogP contribution is -2.18. The Bertz CT molecular complexity index is 703. The predicted octanol–water partition coefficient (Wildman–Crippen LogP) is 1.77. The summed E-state index contributed by atoms with van der Waals surface area (Å²) in [5.41, 5.74) is -1.70. The van der Waals surface area contributed by atoms with E-state index in [2.05, 4.69) is 0 Å². The molecule has 0 bridgehead atoms. The number of hydrogen-bond donors (Lipinski definition) is 2. The molecule has 2 aromatic rings. The van der Waals surface area contributed by atoms with Crippen molar-refractivity contribution < 1.29 is 19.0 Å². The molecule has 2 rings (SSSR count). The van der Waals surface area contributed by atoms with Gasteiger partial charge in [-0.1, -0.05) is 6.92 Å². The first-order valence-electron chi connectivity index (χ1n) is 5.98. The Labute approximate surface area is 113 Å². The van der Waals surface area contributed by atoms with Crippen molar-refractivity contribution >= 4 is 0 Å². The third kappa shape index (κ3) is 2.32. The molecule has 0 saturated heterocycles. The van der Waals surface area contributed by atoms with Crippen molar-refractivity contribution in [1.29, 1.82) is 0 Å². The van der Waals surface area contributed by atoms with E-state index in [0.29, 0.717) is 0 Å². The van der Waals surface area contributed by atoms with Crippen LogP contribution in [0, 0.1) is 13.8 Å². The Balaban J connectivity index is 2.67. The quantitative estimate of drug-likeness (QED) is 0.868. The van der Waals surface area contributed by atoms with E-state index >= 15 is 0 Å². The first kappa shape index (κ1) is 13.9. The summed E-state index contributed by atoms with van der Waals surface area (Å²) < 4.78 is 9.81. The summed E-state index contributed by atoms with van der Waals surface area (Å²) in [5, 5.41) is 19.7. The van der Waals surface area contributed by atoms with E-state index in [1.165, 1.54) is 32.9 Å². The second-order valence-electron chi connectivity index (χ2n) is 4.61. The van der Waals surface area contributed by atoms with Crippen LogP contribution in [0.25, 0.3) is 0 Å². The third-order valence-electron chi connectivity index (χ3n) is 3.05. The van der Waals surface area contributed by atoms with Crippen LogP contribution < -0.4 is 11.3 Å². The number of aryl methyl sites for hydroxylation is 2. The maximum Gasteiger partial charge on any atom is 0.343 e.